The first-order chi connectivity index (χ1) is 11.0. The Morgan fingerprint density at radius 1 is 1.26 bits per heavy atom. The number of sulfone groups is 1. The van der Waals surface area contributed by atoms with Gasteiger partial charge >= 0.3 is 0 Å². The number of nitrogens with zero attached hydrogens (tertiary/aromatic N) is 2. The predicted octanol–water partition coefficient (Wildman–Crippen LogP) is 2.35. The van der Waals surface area contributed by atoms with E-state index >= 15 is 0 Å². The minimum Gasteiger partial charge on any atom is -0.362 e. The van der Waals surface area contributed by atoms with E-state index in [9.17, 15) is 8.42 Å². The van der Waals surface area contributed by atoms with Crippen molar-refractivity contribution in [2.75, 3.05) is 11.1 Å². The van der Waals surface area contributed by atoms with Crippen LogP contribution in [-0.4, -0.2) is 29.1 Å². The standard InChI is InChI=1S/C16H16N4O2S/c1-10-6-13-15(19-10)17-9-18-16(13)20-14-8-23(21,22)7-11-4-2-3-5-12(11)14/h2-6,9,14H,7-8H2,1H3,(H2,17,18,19,20). The van der Waals surface area contributed by atoms with Crippen molar-refractivity contribution >= 4 is 26.7 Å². The van der Waals surface area contributed by atoms with Crippen molar-refractivity contribution in [1.82, 2.24) is 15.0 Å². The second-order valence-corrected chi connectivity index (χ2v) is 8.00. The van der Waals surface area contributed by atoms with Crippen LogP contribution in [0.4, 0.5) is 5.82 Å². The number of aryl methyl sites for hydroxylation is 1. The van der Waals surface area contributed by atoms with Crippen LogP contribution in [0.15, 0.2) is 36.7 Å². The van der Waals surface area contributed by atoms with Crippen LogP contribution in [0, 0.1) is 6.92 Å². The highest BCUT2D eigenvalue weighted by atomic mass is 32.2. The Bertz CT molecular complexity index is 994. The van der Waals surface area contributed by atoms with Gasteiger partial charge in [0.15, 0.2) is 9.84 Å². The number of aromatic nitrogens is 3. The molecule has 7 heteroatoms. The Hall–Kier alpha value is -2.41. The summed E-state index contributed by atoms with van der Waals surface area (Å²) in [6.07, 6.45) is 1.48. The number of nitrogens with one attached hydrogen (secondary N) is 2. The smallest absolute Gasteiger partial charge is 0.156 e. The zero-order valence-electron chi connectivity index (χ0n) is 12.6. The zero-order chi connectivity index (χ0) is 16.0. The monoisotopic (exact) mass is 328 g/mol. The van der Waals surface area contributed by atoms with Crippen LogP contribution in [0.2, 0.25) is 0 Å². The molecule has 0 spiro atoms. The summed E-state index contributed by atoms with van der Waals surface area (Å²) in [5, 5.41) is 4.16. The Balaban J connectivity index is 1.78. The van der Waals surface area contributed by atoms with E-state index in [0.29, 0.717) is 5.82 Å². The zero-order valence-corrected chi connectivity index (χ0v) is 13.4. The van der Waals surface area contributed by atoms with E-state index in [0.717, 1.165) is 27.9 Å². The SMILES string of the molecule is Cc1cc2c(NC3CS(=O)(=O)Cc4ccccc43)ncnc2[nH]1. The van der Waals surface area contributed by atoms with Gasteiger partial charge in [-0.3, -0.25) is 0 Å². The third-order valence-corrected chi connectivity index (χ3v) is 5.69. The highest BCUT2D eigenvalue weighted by Gasteiger charge is 2.30. The lowest BCUT2D eigenvalue weighted by Gasteiger charge is -2.26. The summed E-state index contributed by atoms with van der Waals surface area (Å²) in [6.45, 7) is 1.95. The van der Waals surface area contributed by atoms with Gasteiger partial charge in [-0.2, -0.15) is 0 Å². The maximum Gasteiger partial charge on any atom is 0.156 e. The second kappa shape index (κ2) is 5.06. The van der Waals surface area contributed by atoms with Crippen molar-refractivity contribution < 1.29 is 8.42 Å². The third kappa shape index (κ3) is 2.57. The van der Waals surface area contributed by atoms with Gasteiger partial charge in [0.05, 0.1) is 22.9 Å². The molecule has 23 heavy (non-hydrogen) atoms. The lowest BCUT2D eigenvalue weighted by atomic mass is 10.0. The summed E-state index contributed by atoms with van der Waals surface area (Å²) < 4.78 is 24.4. The average molecular weight is 328 g/mol. The fourth-order valence-electron chi connectivity index (χ4n) is 3.12. The van der Waals surface area contributed by atoms with Crippen molar-refractivity contribution in [2.24, 2.45) is 0 Å². The van der Waals surface area contributed by atoms with Crippen molar-refractivity contribution in [2.45, 2.75) is 18.7 Å². The average Bonchev–Trinajstić information content (AvgIpc) is 2.87. The molecule has 3 aromatic rings. The molecular weight excluding hydrogens is 312 g/mol. The molecule has 1 aromatic carbocycles. The highest BCUT2D eigenvalue weighted by molar-refractivity contribution is 7.90. The van der Waals surface area contributed by atoms with Crippen LogP contribution in [0.5, 0.6) is 0 Å². The summed E-state index contributed by atoms with van der Waals surface area (Å²) in [4.78, 5) is 11.7. The molecule has 0 saturated heterocycles. The number of hydrogen-bond acceptors (Lipinski definition) is 5. The van der Waals surface area contributed by atoms with E-state index in [1.807, 2.05) is 37.3 Å². The van der Waals surface area contributed by atoms with Crippen molar-refractivity contribution in [3.05, 3.63) is 53.5 Å². The van der Waals surface area contributed by atoms with Gasteiger partial charge in [0.2, 0.25) is 0 Å². The second-order valence-electron chi connectivity index (χ2n) is 5.89. The van der Waals surface area contributed by atoms with Gasteiger partial charge in [-0.15, -0.1) is 0 Å². The van der Waals surface area contributed by atoms with Crippen molar-refractivity contribution in [3.8, 4) is 0 Å². The molecule has 1 aliphatic heterocycles. The maximum absolute atomic E-state index is 12.2. The van der Waals surface area contributed by atoms with Crippen LogP contribution in [0.25, 0.3) is 11.0 Å². The highest BCUT2D eigenvalue weighted by Crippen LogP contribution is 2.32. The first-order valence-electron chi connectivity index (χ1n) is 7.37. The molecule has 2 N–H and O–H groups in total. The van der Waals surface area contributed by atoms with Crippen LogP contribution >= 0.6 is 0 Å². The van der Waals surface area contributed by atoms with Gasteiger partial charge in [-0.05, 0) is 24.1 Å². The largest absolute Gasteiger partial charge is 0.362 e. The molecule has 2 aromatic heterocycles. The number of aromatic amines is 1. The lowest BCUT2D eigenvalue weighted by Crippen LogP contribution is -2.28. The van der Waals surface area contributed by atoms with Crippen LogP contribution in [0.1, 0.15) is 22.9 Å². The quantitative estimate of drug-likeness (QED) is 0.754. The normalized spacial score (nSPS) is 19.4. The summed E-state index contributed by atoms with van der Waals surface area (Å²) in [5.41, 5.74) is 3.60. The molecule has 0 saturated carbocycles. The summed E-state index contributed by atoms with van der Waals surface area (Å²) >= 11 is 0. The van der Waals surface area contributed by atoms with Crippen molar-refractivity contribution in [3.63, 3.8) is 0 Å². The van der Waals surface area contributed by atoms with E-state index in [2.05, 4.69) is 20.3 Å². The van der Waals surface area contributed by atoms with Gasteiger partial charge in [0.25, 0.3) is 0 Å². The van der Waals surface area contributed by atoms with Gasteiger partial charge in [0, 0.05) is 5.69 Å². The van der Waals surface area contributed by atoms with E-state index in [1.54, 1.807) is 0 Å². The molecular formula is C16H16N4O2S. The van der Waals surface area contributed by atoms with Gasteiger partial charge in [0.1, 0.15) is 17.8 Å². The fraction of sp³-hybridized carbons (Fsp3) is 0.250. The molecule has 0 aliphatic carbocycles. The Morgan fingerprint density at radius 3 is 2.96 bits per heavy atom. The Kier molecular flexibility index (Phi) is 3.12. The topological polar surface area (TPSA) is 87.7 Å². The molecule has 0 fully saturated rings. The van der Waals surface area contributed by atoms with Gasteiger partial charge < -0.3 is 10.3 Å². The van der Waals surface area contributed by atoms with E-state index in [4.69, 9.17) is 0 Å². The molecule has 118 valence electrons. The number of benzene rings is 1. The van der Waals surface area contributed by atoms with E-state index in [1.165, 1.54) is 6.33 Å². The number of hydrogen-bond donors (Lipinski definition) is 2. The van der Waals surface area contributed by atoms with Crippen LogP contribution in [0.3, 0.4) is 0 Å². The third-order valence-electron chi connectivity index (χ3n) is 4.10. The number of rotatable bonds is 2. The molecule has 3 heterocycles. The molecule has 0 amide bonds. The molecule has 0 radical (unpaired) electrons. The molecule has 4 rings (SSSR count). The Morgan fingerprint density at radius 2 is 2.09 bits per heavy atom. The minimum absolute atomic E-state index is 0.0684. The van der Waals surface area contributed by atoms with Crippen LogP contribution in [-0.2, 0) is 15.6 Å². The number of anilines is 1. The summed E-state index contributed by atoms with van der Waals surface area (Å²) in [5.74, 6) is 0.819. The van der Waals surface area contributed by atoms with Crippen molar-refractivity contribution in [1.29, 1.82) is 0 Å². The first kappa shape index (κ1) is 14.2. The summed E-state index contributed by atoms with van der Waals surface area (Å²) in [6, 6.07) is 9.30. The molecule has 1 unspecified atom stereocenters. The Labute approximate surface area is 133 Å². The molecule has 1 atom stereocenters. The lowest BCUT2D eigenvalue weighted by molar-refractivity contribution is 0.585. The fourth-order valence-corrected chi connectivity index (χ4v) is 4.74. The predicted molar refractivity (Wildman–Crippen MR) is 88.9 cm³/mol. The maximum atomic E-state index is 12.2. The van der Waals surface area contributed by atoms with E-state index < -0.39 is 9.84 Å². The molecule has 6 nitrogen and oxygen atoms in total. The molecule has 1 aliphatic rings. The van der Waals surface area contributed by atoms with E-state index in [-0.39, 0.29) is 17.5 Å². The number of fused-ring (bicyclic) bond motifs is 2. The van der Waals surface area contributed by atoms with Crippen LogP contribution < -0.4 is 5.32 Å². The van der Waals surface area contributed by atoms with Gasteiger partial charge in [-0.25, -0.2) is 18.4 Å². The summed E-state index contributed by atoms with van der Waals surface area (Å²) in [7, 11) is -3.13. The first-order valence-corrected chi connectivity index (χ1v) is 9.19. The molecule has 0 bridgehead atoms. The number of H-pyrrole nitrogens is 1. The minimum atomic E-state index is -3.13. The van der Waals surface area contributed by atoms with Gasteiger partial charge in [-0.1, -0.05) is 24.3 Å².